The van der Waals surface area contributed by atoms with E-state index < -0.39 is 11.7 Å². The highest BCUT2D eigenvalue weighted by molar-refractivity contribution is 6.34. The van der Waals surface area contributed by atoms with E-state index in [2.05, 4.69) is 10.3 Å². The van der Waals surface area contributed by atoms with E-state index in [9.17, 15) is 14.0 Å². The van der Waals surface area contributed by atoms with Crippen LogP contribution < -0.4 is 10.9 Å². The Bertz CT molecular complexity index is 1010. The first-order chi connectivity index (χ1) is 11.9. The fraction of sp³-hybridized carbons (Fsp3) is 0.158. The Morgan fingerprint density at radius 3 is 2.64 bits per heavy atom. The molecule has 0 aliphatic heterocycles. The number of hydrogen-bond acceptors (Lipinski definition) is 2. The van der Waals surface area contributed by atoms with Crippen LogP contribution in [0.15, 0.2) is 47.3 Å². The first-order valence-corrected chi connectivity index (χ1v) is 8.17. The molecule has 6 heteroatoms. The van der Waals surface area contributed by atoms with Crippen LogP contribution in [0.3, 0.4) is 0 Å². The summed E-state index contributed by atoms with van der Waals surface area (Å²) in [5.74, 6) is -1.16. The molecule has 0 radical (unpaired) electrons. The number of anilines is 1. The van der Waals surface area contributed by atoms with Crippen molar-refractivity contribution in [2.45, 2.75) is 19.8 Å². The van der Waals surface area contributed by atoms with Gasteiger partial charge in [0.25, 0.3) is 5.91 Å². The van der Waals surface area contributed by atoms with E-state index in [-0.39, 0.29) is 22.1 Å². The normalized spacial score (nSPS) is 11.1. The van der Waals surface area contributed by atoms with Gasteiger partial charge >= 0.3 is 0 Å². The number of rotatable bonds is 3. The number of benzene rings is 2. The molecule has 0 spiro atoms. The van der Waals surface area contributed by atoms with E-state index >= 15 is 0 Å². The lowest BCUT2D eigenvalue weighted by Crippen LogP contribution is -2.15. The van der Waals surface area contributed by atoms with Crippen LogP contribution in [0, 0.1) is 5.82 Å². The van der Waals surface area contributed by atoms with Crippen molar-refractivity contribution in [2.24, 2.45) is 0 Å². The summed E-state index contributed by atoms with van der Waals surface area (Å²) in [7, 11) is 0. The van der Waals surface area contributed by atoms with Gasteiger partial charge in [-0.15, -0.1) is 0 Å². The molecule has 4 nitrogen and oxygen atoms in total. The topological polar surface area (TPSA) is 62.0 Å². The van der Waals surface area contributed by atoms with Crippen molar-refractivity contribution in [3.8, 4) is 0 Å². The van der Waals surface area contributed by atoms with E-state index in [1.807, 2.05) is 19.9 Å². The van der Waals surface area contributed by atoms with Crippen LogP contribution in [0.25, 0.3) is 10.9 Å². The van der Waals surface area contributed by atoms with Crippen molar-refractivity contribution in [3.05, 3.63) is 74.8 Å². The van der Waals surface area contributed by atoms with Gasteiger partial charge in [-0.25, -0.2) is 4.39 Å². The SMILES string of the molecule is CC(C)c1cc(=O)[nH]c2cc(NC(=O)c3c(F)cccc3Cl)ccc12. The zero-order chi connectivity index (χ0) is 18.1. The average molecular weight is 359 g/mol. The Labute approximate surface area is 148 Å². The fourth-order valence-electron chi connectivity index (χ4n) is 2.75. The van der Waals surface area contributed by atoms with E-state index in [1.54, 1.807) is 18.2 Å². The fourth-order valence-corrected chi connectivity index (χ4v) is 3.00. The largest absolute Gasteiger partial charge is 0.322 e. The minimum atomic E-state index is -0.693. The number of hydrogen-bond donors (Lipinski definition) is 2. The summed E-state index contributed by atoms with van der Waals surface area (Å²) < 4.78 is 13.9. The molecule has 0 bridgehead atoms. The van der Waals surface area contributed by atoms with Gasteiger partial charge in [0.1, 0.15) is 5.82 Å². The zero-order valence-corrected chi connectivity index (χ0v) is 14.4. The number of carbonyl (C=O) groups is 1. The van der Waals surface area contributed by atoms with Gasteiger partial charge in [-0.2, -0.15) is 0 Å². The highest BCUT2D eigenvalue weighted by atomic mass is 35.5. The molecule has 25 heavy (non-hydrogen) atoms. The monoisotopic (exact) mass is 358 g/mol. The second-order valence-corrected chi connectivity index (χ2v) is 6.46. The molecule has 1 amide bonds. The van der Waals surface area contributed by atoms with Gasteiger partial charge in [-0.1, -0.05) is 37.6 Å². The minimum Gasteiger partial charge on any atom is -0.322 e. The van der Waals surface area contributed by atoms with Gasteiger partial charge in [0.15, 0.2) is 0 Å². The van der Waals surface area contributed by atoms with Crippen molar-refractivity contribution in [1.82, 2.24) is 4.98 Å². The third-order valence-electron chi connectivity index (χ3n) is 3.94. The van der Waals surface area contributed by atoms with Crippen molar-refractivity contribution < 1.29 is 9.18 Å². The van der Waals surface area contributed by atoms with Crippen LogP contribution in [0.2, 0.25) is 5.02 Å². The van der Waals surface area contributed by atoms with Crippen molar-refractivity contribution >= 4 is 34.1 Å². The van der Waals surface area contributed by atoms with Crippen LogP contribution in [-0.4, -0.2) is 10.9 Å². The third kappa shape index (κ3) is 3.42. The van der Waals surface area contributed by atoms with Gasteiger partial charge in [0, 0.05) is 17.1 Å². The molecule has 2 aromatic carbocycles. The van der Waals surface area contributed by atoms with Gasteiger partial charge in [-0.3, -0.25) is 9.59 Å². The second-order valence-electron chi connectivity index (χ2n) is 6.05. The number of H-pyrrole nitrogens is 1. The Balaban J connectivity index is 2.00. The lowest BCUT2D eigenvalue weighted by atomic mass is 9.99. The molecule has 0 saturated heterocycles. The first-order valence-electron chi connectivity index (χ1n) is 7.79. The molecule has 0 aliphatic rings. The van der Waals surface area contributed by atoms with E-state index in [0.29, 0.717) is 11.2 Å². The predicted octanol–water partition coefficient (Wildman–Crippen LogP) is 4.70. The first kappa shape index (κ1) is 17.2. The predicted molar refractivity (Wildman–Crippen MR) is 98.0 cm³/mol. The standard InChI is InChI=1S/C19H16ClFN2O2/c1-10(2)13-9-17(24)23-16-8-11(6-7-12(13)16)22-19(25)18-14(20)4-3-5-15(18)21/h3-10H,1-2H3,(H,22,25)(H,23,24). The van der Waals surface area contributed by atoms with Crippen LogP contribution >= 0.6 is 11.6 Å². The number of pyridine rings is 1. The minimum absolute atomic E-state index is 0.0359. The Morgan fingerprint density at radius 1 is 1.20 bits per heavy atom. The van der Waals surface area contributed by atoms with E-state index in [0.717, 1.165) is 10.9 Å². The smallest absolute Gasteiger partial charge is 0.260 e. The van der Waals surface area contributed by atoms with Crippen LogP contribution in [-0.2, 0) is 0 Å². The van der Waals surface area contributed by atoms with E-state index in [1.165, 1.54) is 18.2 Å². The highest BCUT2D eigenvalue weighted by Gasteiger charge is 2.16. The maximum atomic E-state index is 13.9. The molecular formula is C19H16ClFN2O2. The molecule has 128 valence electrons. The molecule has 0 atom stereocenters. The molecule has 2 N–H and O–H groups in total. The van der Waals surface area contributed by atoms with Gasteiger partial charge in [0.05, 0.1) is 16.1 Å². The molecule has 1 aromatic heterocycles. The van der Waals surface area contributed by atoms with Crippen molar-refractivity contribution in [2.75, 3.05) is 5.32 Å². The van der Waals surface area contributed by atoms with Crippen LogP contribution in [0.1, 0.15) is 35.7 Å². The summed E-state index contributed by atoms with van der Waals surface area (Å²) >= 11 is 5.91. The molecule has 0 fully saturated rings. The highest BCUT2D eigenvalue weighted by Crippen LogP contribution is 2.26. The summed E-state index contributed by atoms with van der Waals surface area (Å²) in [6.45, 7) is 4.01. The zero-order valence-electron chi connectivity index (χ0n) is 13.7. The van der Waals surface area contributed by atoms with Crippen LogP contribution in [0.5, 0.6) is 0 Å². The number of aromatic nitrogens is 1. The van der Waals surface area contributed by atoms with Crippen molar-refractivity contribution in [1.29, 1.82) is 0 Å². The van der Waals surface area contributed by atoms with E-state index in [4.69, 9.17) is 11.6 Å². The number of halogens is 2. The summed E-state index contributed by atoms with van der Waals surface area (Å²) in [4.78, 5) is 26.9. The Kier molecular flexibility index (Phi) is 4.59. The summed E-state index contributed by atoms with van der Waals surface area (Å²) in [6, 6.07) is 10.8. The van der Waals surface area contributed by atoms with Crippen molar-refractivity contribution in [3.63, 3.8) is 0 Å². The van der Waals surface area contributed by atoms with Gasteiger partial charge in [-0.05, 0) is 35.7 Å². The summed E-state index contributed by atoms with van der Waals surface area (Å²) in [6.07, 6.45) is 0. The lowest BCUT2D eigenvalue weighted by molar-refractivity contribution is 0.102. The maximum absolute atomic E-state index is 13.9. The molecular weight excluding hydrogens is 343 g/mol. The third-order valence-corrected chi connectivity index (χ3v) is 4.26. The average Bonchev–Trinajstić information content (AvgIpc) is 2.53. The van der Waals surface area contributed by atoms with Gasteiger partial charge < -0.3 is 10.3 Å². The lowest BCUT2D eigenvalue weighted by Gasteiger charge is -2.12. The summed E-state index contributed by atoms with van der Waals surface area (Å²) in [5.41, 5.74) is 1.54. The number of fused-ring (bicyclic) bond motifs is 1. The molecule has 0 aliphatic carbocycles. The molecule has 0 unspecified atom stereocenters. The van der Waals surface area contributed by atoms with Gasteiger partial charge in [0.2, 0.25) is 5.56 Å². The Hall–Kier alpha value is -2.66. The number of nitrogens with one attached hydrogen (secondary N) is 2. The Morgan fingerprint density at radius 2 is 1.96 bits per heavy atom. The maximum Gasteiger partial charge on any atom is 0.260 e. The molecule has 1 heterocycles. The quantitative estimate of drug-likeness (QED) is 0.713. The van der Waals surface area contributed by atoms with Crippen LogP contribution in [0.4, 0.5) is 10.1 Å². The number of aromatic amines is 1. The molecule has 0 saturated carbocycles. The summed E-state index contributed by atoms with van der Waals surface area (Å²) in [5, 5.41) is 3.55. The molecule has 3 aromatic rings. The number of amides is 1. The second kappa shape index (κ2) is 6.69. The number of carbonyl (C=O) groups excluding carboxylic acids is 1. The molecule has 3 rings (SSSR count).